The third-order valence-corrected chi connectivity index (χ3v) is 3.94. The van der Waals surface area contributed by atoms with E-state index in [0.29, 0.717) is 13.0 Å². The molecule has 5 heteroatoms. The van der Waals surface area contributed by atoms with Crippen LogP contribution in [-0.4, -0.2) is 66.2 Å². The Bertz CT molecular complexity index is 430. The summed E-state index contributed by atoms with van der Waals surface area (Å²) in [6.07, 6.45) is 0.659. The van der Waals surface area contributed by atoms with E-state index in [1.165, 1.54) is 0 Å². The van der Waals surface area contributed by atoms with Crippen LogP contribution in [0.4, 0.5) is 0 Å². The van der Waals surface area contributed by atoms with Crippen molar-refractivity contribution in [1.82, 2.24) is 9.80 Å². The van der Waals surface area contributed by atoms with E-state index < -0.39 is 5.97 Å². The van der Waals surface area contributed by atoms with Gasteiger partial charge in [-0.3, -0.25) is 14.6 Å². The predicted molar refractivity (Wildman–Crippen MR) is 81.7 cm³/mol. The first kappa shape index (κ1) is 15.8. The zero-order chi connectivity index (χ0) is 15.1. The van der Waals surface area contributed by atoms with Crippen molar-refractivity contribution in [2.45, 2.75) is 19.4 Å². The molecule has 116 valence electrons. The van der Waals surface area contributed by atoms with Gasteiger partial charge in [0.2, 0.25) is 0 Å². The zero-order valence-electron chi connectivity index (χ0n) is 12.6. The number of piperazine rings is 1. The average molecular weight is 292 g/mol. The van der Waals surface area contributed by atoms with Crippen LogP contribution in [0.25, 0.3) is 0 Å². The highest BCUT2D eigenvalue weighted by Gasteiger charge is 2.27. The highest BCUT2D eigenvalue weighted by molar-refractivity contribution is 5.73. The Kier molecular flexibility index (Phi) is 6.02. The summed E-state index contributed by atoms with van der Waals surface area (Å²) < 4.78 is 5.69. The maximum absolute atomic E-state index is 11.2. The van der Waals surface area contributed by atoms with Crippen LogP contribution in [0.2, 0.25) is 0 Å². The molecule has 1 N–H and O–H groups in total. The van der Waals surface area contributed by atoms with Gasteiger partial charge in [0.15, 0.2) is 0 Å². The Balaban J connectivity index is 1.68. The molecule has 1 heterocycles. The van der Waals surface area contributed by atoms with Crippen molar-refractivity contribution in [2.24, 2.45) is 0 Å². The van der Waals surface area contributed by atoms with Gasteiger partial charge in [-0.1, -0.05) is 25.1 Å². The van der Waals surface area contributed by atoms with Gasteiger partial charge < -0.3 is 9.84 Å². The Morgan fingerprint density at radius 1 is 1.24 bits per heavy atom. The maximum Gasteiger partial charge on any atom is 0.320 e. The van der Waals surface area contributed by atoms with E-state index in [2.05, 4.69) is 9.80 Å². The van der Waals surface area contributed by atoms with Crippen molar-refractivity contribution in [1.29, 1.82) is 0 Å². The number of carboxylic acid groups (broad SMARTS) is 1. The Morgan fingerprint density at radius 3 is 2.48 bits per heavy atom. The quantitative estimate of drug-likeness (QED) is 0.826. The highest BCUT2D eigenvalue weighted by atomic mass is 16.5. The van der Waals surface area contributed by atoms with Gasteiger partial charge >= 0.3 is 5.97 Å². The molecule has 0 saturated carbocycles. The first-order valence-corrected chi connectivity index (χ1v) is 7.57. The molecule has 1 aromatic carbocycles. The van der Waals surface area contributed by atoms with Crippen molar-refractivity contribution in [2.75, 3.05) is 39.3 Å². The molecular formula is C16H24N2O3. The predicted octanol–water partition coefficient (Wildman–Crippen LogP) is 1.55. The number of hydrogen-bond donors (Lipinski definition) is 1. The lowest BCUT2D eigenvalue weighted by Crippen LogP contribution is -2.53. The van der Waals surface area contributed by atoms with E-state index in [0.717, 1.165) is 38.5 Å². The molecule has 1 saturated heterocycles. The van der Waals surface area contributed by atoms with Crippen LogP contribution < -0.4 is 4.74 Å². The SMILES string of the molecule is CCC(C(=O)O)N1CCN(CCOc2ccccc2)CC1. The van der Waals surface area contributed by atoms with Crippen LogP contribution >= 0.6 is 0 Å². The molecule has 0 bridgehead atoms. The lowest BCUT2D eigenvalue weighted by Gasteiger charge is -2.37. The van der Waals surface area contributed by atoms with Gasteiger partial charge in [-0.15, -0.1) is 0 Å². The summed E-state index contributed by atoms with van der Waals surface area (Å²) in [4.78, 5) is 15.6. The summed E-state index contributed by atoms with van der Waals surface area (Å²) in [6.45, 7) is 6.92. The zero-order valence-corrected chi connectivity index (χ0v) is 12.6. The summed E-state index contributed by atoms with van der Waals surface area (Å²) in [5.74, 6) is 0.187. The molecule has 0 aliphatic carbocycles. The van der Waals surface area contributed by atoms with Gasteiger partial charge in [0.1, 0.15) is 18.4 Å². The lowest BCUT2D eigenvalue weighted by molar-refractivity contribution is -0.144. The molecule has 21 heavy (non-hydrogen) atoms. The van der Waals surface area contributed by atoms with Crippen LogP contribution in [0.15, 0.2) is 30.3 Å². The normalized spacial score (nSPS) is 18.3. The number of hydrogen-bond acceptors (Lipinski definition) is 4. The van der Waals surface area contributed by atoms with E-state index >= 15 is 0 Å². The third-order valence-electron chi connectivity index (χ3n) is 3.94. The van der Waals surface area contributed by atoms with E-state index in [1.54, 1.807) is 0 Å². The van der Waals surface area contributed by atoms with Crippen LogP contribution in [0.3, 0.4) is 0 Å². The second kappa shape index (κ2) is 8.00. The molecule has 2 rings (SSSR count). The number of carbonyl (C=O) groups is 1. The monoisotopic (exact) mass is 292 g/mol. The summed E-state index contributed by atoms with van der Waals surface area (Å²) in [6, 6.07) is 9.47. The Hall–Kier alpha value is -1.59. The van der Waals surface area contributed by atoms with E-state index in [-0.39, 0.29) is 6.04 Å². The summed E-state index contributed by atoms with van der Waals surface area (Å²) in [5.41, 5.74) is 0. The average Bonchev–Trinajstić information content (AvgIpc) is 2.50. The molecule has 5 nitrogen and oxygen atoms in total. The molecule has 0 spiro atoms. The molecule has 0 amide bonds. The number of nitrogens with zero attached hydrogens (tertiary/aromatic N) is 2. The molecule has 1 aliphatic heterocycles. The van der Waals surface area contributed by atoms with Crippen molar-refractivity contribution in [3.63, 3.8) is 0 Å². The summed E-state index contributed by atoms with van der Waals surface area (Å²) in [7, 11) is 0. The molecule has 1 atom stereocenters. The Labute approximate surface area is 126 Å². The smallest absolute Gasteiger partial charge is 0.320 e. The van der Waals surface area contributed by atoms with Gasteiger partial charge in [-0.25, -0.2) is 0 Å². The number of para-hydroxylation sites is 1. The van der Waals surface area contributed by atoms with Gasteiger partial charge in [0.05, 0.1) is 0 Å². The van der Waals surface area contributed by atoms with Gasteiger partial charge in [-0.05, 0) is 18.6 Å². The fourth-order valence-electron chi connectivity index (χ4n) is 2.70. The number of aliphatic carboxylic acids is 1. The summed E-state index contributed by atoms with van der Waals surface area (Å²) >= 11 is 0. The van der Waals surface area contributed by atoms with E-state index in [1.807, 2.05) is 37.3 Å². The highest BCUT2D eigenvalue weighted by Crippen LogP contribution is 2.11. The second-order valence-corrected chi connectivity index (χ2v) is 5.30. The van der Waals surface area contributed by atoms with Crippen molar-refractivity contribution >= 4 is 5.97 Å². The molecular weight excluding hydrogens is 268 g/mol. The van der Waals surface area contributed by atoms with Crippen molar-refractivity contribution in [3.05, 3.63) is 30.3 Å². The van der Waals surface area contributed by atoms with Crippen LogP contribution in [0.5, 0.6) is 5.75 Å². The molecule has 0 aromatic heterocycles. The fraction of sp³-hybridized carbons (Fsp3) is 0.562. The van der Waals surface area contributed by atoms with Crippen LogP contribution in [-0.2, 0) is 4.79 Å². The number of rotatable bonds is 7. The topological polar surface area (TPSA) is 53.0 Å². The third kappa shape index (κ3) is 4.72. The first-order valence-electron chi connectivity index (χ1n) is 7.57. The number of ether oxygens (including phenoxy) is 1. The van der Waals surface area contributed by atoms with Gasteiger partial charge in [0.25, 0.3) is 0 Å². The molecule has 1 unspecified atom stereocenters. The molecule has 0 radical (unpaired) electrons. The standard InChI is InChI=1S/C16H24N2O3/c1-2-15(16(19)20)18-10-8-17(9-11-18)12-13-21-14-6-4-3-5-7-14/h3-7,15H,2,8-13H2,1H3,(H,19,20). The maximum atomic E-state index is 11.2. The minimum absolute atomic E-state index is 0.340. The van der Waals surface area contributed by atoms with Crippen LogP contribution in [0, 0.1) is 0 Å². The number of benzene rings is 1. The lowest BCUT2D eigenvalue weighted by atomic mass is 10.1. The number of carboxylic acids is 1. The molecule has 1 aliphatic rings. The van der Waals surface area contributed by atoms with Gasteiger partial charge in [-0.2, -0.15) is 0 Å². The van der Waals surface area contributed by atoms with Crippen molar-refractivity contribution in [3.8, 4) is 5.75 Å². The minimum Gasteiger partial charge on any atom is -0.492 e. The first-order chi connectivity index (χ1) is 10.2. The largest absolute Gasteiger partial charge is 0.492 e. The molecule has 1 fully saturated rings. The van der Waals surface area contributed by atoms with E-state index in [9.17, 15) is 9.90 Å². The fourth-order valence-corrected chi connectivity index (χ4v) is 2.70. The Morgan fingerprint density at radius 2 is 1.90 bits per heavy atom. The molecule has 1 aromatic rings. The summed E-state index contributed by atoms with van der Waals surface area (Å²) in [5, 5.41) is 9.18. The van der Waals surface area contributed by atoms with Crippen molar-refractivity contribution < 1.29 is 14.6 Å². The van der Waals surface area contributed by atoms with Gasteiger partial charge in [0, 0.05) is 32.7 Å². The minimum atomic E-state index is -0.710. The van der Waals surface area contributed by atoms with E-state index in [4.69, 9.17) is 4.74 Å². The second-order valence-electron chi connectivity index (χ2n) is 5.30. The van der Waals surface area contributed by atoms with Crippen LogP contribution in [0.1, 0.15) is 13.3 Å².